The molecular weight excluding hydrogens is 622 g/mol. The maximum absolute atomic E-state index is 14.3. The lowest BCUT2D eigenvalue weighted by atomic mass is 9.91. The molecule has 1 fully saturated rings. The van der Waals surface area contributed by atoms with Gasteiger partial charge in [-0.05, 0) is 48.4 Å². The number of nitrogens with zero attached hydrogens (tertiary/aromatic N) is 1. The lowest BCUT2D eigenvalue weighted by Crippen LogP contribution is -2.47. The van der Waals surface area contributed by atoms with E-state index in [1.165, 1.54) is 0 Å². The molecule has 0 saturated carbocycles. The van der Waals surface area contributed by atoms with E-state index in [0.29, 0.717) is 31.8 Å². The van der Waals surface area contributed by atoms with E-state index in [0.717, 1.165) is 32.7 Å². The van der Waals surface area contributed by atoms with Crippen LogP contribution in [0.1, 0.15) is 53.3 Å². The van der Waals surface area contributed by atoms with Crippen LogP contribution in [0.5, 0.6) is 0 Å². The first-order chi connectivity index (χ1) is 23.7. The molecule has 3 atom stereocenters. The molecule has 1 aliphatic heterocycles. The van der Waals surface area contributed by atoms with E-state index in [1.54, 1.807) is 6.07 Å². The van der Waals surface area contributed by atoms with E-state index >= 15 is 0 Å². The summed E-state index contributed by atoms with van der Waals surface area (Å²) < 4.78 is 23.2. The first-order valence-corrected chi connectivity index (χ1v) is 16.9. The Morgan fingerprint density at radius 1 is 0.959 bits per heavy atom. The fraction of sp³-hybridized carbons (Fsp3) is 0.375. The Morgan fingerprint density at radius 3 is 2.35 bits per heavy atom. The number of cyclic esters (lactones) is 1. The molecule has 1 N–H and O–H groups in total. The van der Waals surface area contributed by atoms with Gasteiger partial charge in [-0.15, -0.1) is 0 Å². The van der Waals surface area contributed by atoms with Crippen LogP contribution in [0.4, 0.5) is 4.79 Å². The van der Waals surface area contributed by atoms with Crippen LogP contribution in [-0.4, -0.2) is 66.4 Å². The number of carbonyl (C=O) groups excluding carboxylic acids is 3. The maximum Gasteiger partial charge on any atom is 0.417 e. The van der Waals surface area contributed by atoms with Gasteiger partial charge < -0.3 is 23.7 Å². The topological polar surface area (TPSA) is 116 Å². The van der Waals surface area contributed by atoms with Crippen LogP contribution >= 0.6 is 0 Å². The molecule has 0 unspecified atom stereocenters. The number of carbonyl (C=O) groups is 3. The van der Waals surface area contributed by atoms with E-state index in [-0.39, 0.29) is 37.9 Å². The normalized spacial score (nSPS) is 15.7. The van der Waals surface area contributed by atoms with Gasteiger partial charge in [-0.2, -0.15) is 0 Å². The number of aliphatic hydroxyl groups excluding tert-OH is 1. The van der Waals surface area contributed by atoms with Crippen molar-refractivity contribution in [2.75, 3.05) is 26.4 Å². The summed E-state index contributed by atoms with van der Waals surface area (Å²) in [6.07, 6.45) is -0.0353. The predicted molar refractivity (Wildman–Crippen MR) is 185 cm³/mol. The SMILES string of the molecule is Cc1cccc(-c2cc(C(=O)[C@@H](Cc3ccccc3)C(=O)N3C(=O)OC[C@H]3C(C)C)oc2CCCOC[C@@H](CO)OCc2ccccc2)c1. The number of aryl methyl sites for hydroxylation is 2. The largest absolute Gasteiger partial charge is 0.457 e. The number of rotatable bonds is 17. The molecule has 9 nitrogen and oxygen atoms in total. The Morgan fingerprint density at radius 2 is 1.67 bits per heavy atom. The fourth-order valence-corrected chi connectivity index (χ4v) is 5.95. The molecule has 2 heterocycles. The molecule has 3 aromatic carbocycles. The summed E-state index contributed by atoms with van der Waals surface area (Å²) in [4.78, 5) is 42.2. The van der Waals surface area contributed by atoms with Gasteiger partial charge in [0, 0.05) is 18.6 Å². The van der Waals surface area contributed by atoms with Crippen molar-refractivity contribution in [3.8, 4) is 11.1 Å². The molecule has 0 spiro atoms. The van der Waals surface area contributed by atoms with Gasteiger partial charge in [0.1, 0.15) is 24.4 Å². The second kappa shape index (κ2) is 17.2. The first-order valence-electron chi connectivity index (χ1n) is 16.9. The minimum Gasteiger partial charge on any atom is -0.457 e. The molecule has 2 amide bonds. The molecule has 1 saturated heterocycles. The van der Waals surface area contributed by atoms with Crippen molar-refractivity contribution in [1.29, 1.82) is 0 Å². The van der Waals surface area contributed by atoms with E-state index in [2.05, 4.69) is 0 Å². The zero-order valence-corrected chi connectivity index (χ0v) is 28.4. The number of ether oxygens (including phenoxy) is 3. The predicted octanol–water partition coefficient (Wildman–Crippen LogP) is 6.83. The number of imide groups is 1. The molecule has 49 heavy (non-hydrogen) atoms. The van der Waals surface area contributed by atoms with Crippen molar-refractivity contribution >= 4 is 17.8 Å². The van der Waals surface area contributed by atoms with Gasteiger partial charge in [0.25, 0.3) is 0 Å². The van der Waals surface area contributed by atoms with E-state index in [9.17, 15) is 19.5 Å². The van der Waals surface area contributed by atoms with Gasteiger partial charge in [-0.3, -0.25) is 9.59 Å². The summed E-state index contributed by atoms with van der Waals surface area (Å²) in [5.41, 5.74) is 4.51. The van der Waals surface area contributed by atoms with Crippen LogP contribution < -0.4 is 0 Å². The zero-order valence-electron chi connectivity index (χ0n) is 28.4. The van der Waals surface area contributed by atoms with Gasteiger partial charge in [-0.1, -0.05) is 104 Å². The third-order valence-electron chi connectivity index (χ3n) is 8.72. The molecule has 9 heteroatoms. The number of amides is 2. The number of aliphatic hydroxyl groups is 1. The van der Waals surface area contributed by atoms with Crippen molar-refractivity contribution in [1.82, 2.24) is 4.90 Å². The summed E-state index contributed by atoms with van der Waals surface area (Å²) in [7, 11) is 0. The summed E-state index contributed by atoms with van der Waals surface area (Å²) in [6.45, 7) is 6.75. The number of benzene rings is 3. The van der Waals surface area contributed by atoms with E-state index in [1.807, 2.05) is 106 Å². The van der Waals surface area contributed by atoms with Crippen LogP contribution in [0, 0.1) is 18.8 Å². The molecule has 5 rings (SSSR count). The number of furan rings is 1. The molecule has 258 valence electrons. The monoisotopic (exact) mass is 667 g/mol. The van der Waals surface area contributed by atoms with Crippen molar-refractivity contribution in [3.63, 3.8) is 0 Å². The van der Waals surface area contributed by atoms with Crippen LogP contribution in [0.15, 0.2) is 95.4 Å². The van der Waals surface area contributed by atoms with Crippen LogP contribution in [-0.2, 0) is 38.5 Å². The average Bonchev–Trinajstić information content (AvgIpc) is 3.72. The quantitative estimate of drug-likeness (QED) is 0.0741. The number of hydrogen-bond acceptors (Lipinski definition) is 8. The second-order valence-electron chi connectivity index (χ2n) is 12.8. The number of Topliss-reactive ketones (excluding diaryl/α,β-unsaturated/α-hetero) is 1. The Labute approximate surface area is 287 Å². The molecule has 0 aliphatic carbocycles. The highest BCUT2D eigenvalue weighted by atomic mass is 16.6. The van der Waals surface area contributed by atoms with Gasteiger partial charge >= 0.3 is 6.09 Å². The molecule has 0 radical (unpaired) electrons. The first kappa shape index (κ1) is 35.7. The third kappa shape index (κ3) is 9.32. The number of hydrogen-bond donors (Lipinski definition) is 1. The van der Waals surface area contributed by atoms with Gasteiger partial charge in [0.15, 0.2) is 5.76 Å². The Balaban J connectivity index is 1.33. The van der Waals surface area contributed by atoms with Gasteiger partial charge in [0.2, 0.25) is 11.7 Å². The highest BCUT2D eigenvalue weighted by Crippen LogP contribution is 2.32. The summed E-state index contributed by atoms with van der Waals surface area (Å²) in [5, 5.41) is 9.78. The highest BCUT2D eigenvalue weighted by molar-refractivity contribution is 6.12. The van der Waals surface area contributed by atoms with E-state index < -0.39 is 35.8 Å². The van der Waals surface area contributed by atoms with Crippen molar-refractivity contribution in [2.45, 2.75) is 58.8 Å². The molecule has 1 aliphatic rings. The lowest BCUT2D eigenvalue weighted by molar-refractivity contribution is -0.132. The zero-order chi connectivity index (χ0) is 34.8. The Kier molecular flexibility index (Phi) is 12.5. The van der Waals surface area contributed by atoms with Crippen LogP contribution in [0.3, 0.4) is 0 Å². The molecule has 4 aromatic rings. The van der Waals surface area contributed by atoms with Crippen molar-refractivity contribution < 1.29 is 38.1 Å². The Hall–Kier alpha value is -4.57. The maximum atomic E-state index is 14.3. The van der Waals surface area contributed by atoms with Crippen LogP contribution in [0.25, 0.3) is 11.1 Å². The minimum atomic E-state index is -1.19. The van der Waals surface area contributed by atoms with Gasteiger partial charge in [0.05, 0.1) is 25.9 Å². The lowest BCUT2D eigenvalue weighted by Gasteiger charge is -2.26. The standard InChI is InChI=1S/C40H45NO8/c1-27(2)35-26-48-40(45)41(35)39(44)34(21-29-13-6-4-7-14-29)38(43)37-22-33(31-17-10-12-28(3)20-31)36(49-37)18-11-19-46-25-32(23-42)47-24-30-15-8-5-9-16-30/h4-10,12-17,20,22,27,32,34-35,42H,11,18-19,21,23-26H2,1-3H3/t32-,34-,35+/m1/s1. The second-order valence-corrected chi connectivity index (χ2v) is 12.8. The molecule has 0 bridgehead atoms. The average molecular weight is 668 g/mol. The summed E-state index contributed by atoms with van der Waals surface area (Å²) in [6, 6.07) is 28.2. The van der Waals surface area contributed by atoms with E-state index in [4.69, 9.17) is 18.6 Å². The highest BCUT2D eigenvalue weighted by Gasteiger charge is 2.45. The fourth-order valence-electron chi connectivity index (χ4n) is 5.95. The Bertz CT molecular complexity index is 1680. The van der Waals surface area contributed by atoms with Crippen LogP contribution in [0.2, 0.25) is 0 Å². The van der Waals surface area contributed by atoms with Crippen molar-refractivity contribution in [3.05, 3.63) is 119 Å². The molecule has 1 aromatic heterocycles. The van der Waals surface area contributed by atoms with Crippen molar-refractivity contribution in [2.24, 2.45) is 11.8 Å². The number of ketones is 1. The smallest absolute Gasteiger partial charge is 0.417 e. The minimum absolute atomic E-state index is 0.0451. The summed E-state index contributed by atoms with van der Waals surface area (Å²) in [5.74, 6) is -1.65. The van der Waals surface area contributed by atoms with Gasteiger partial charge in [-0.25, -0.2) is 9.69 Å². The summed E-state index contributed by atoms with van der Waals surface area (Å²) >= 11 is 0. The third-order valence-corrected chi connectivity index (χ3v) is 8.72. The molecular formula is C40H45NO8.